The number of nitrogens with zero attached hydrogens (tertiary/aromatic N) is 1. The van der Waals surface area contributed by atoms with Crippen LogP contribution in [0.5, 0.6) is 0 Å². The summed E-state index contributed by atoms with van der Waals surface area (Å²) in [4.78, 5) is 39.8. The van der Waals surface area contributed by atoms with Crippen LogP contribution >= 0.6 is 11.8 Å². The van der Waals surface area contributed by atoms with E-state index in [1.165, 1.54) is 16.7 Å². The van der Waals surface area contributed by atoms with Gasteiger partial charge in [-0.2, -0.15) is 0 Å². The predicted molar refractivity (Wildman–Crippen MR) is 125 cm³/mol. The van der Waals surface area contributed by atoms with E-state index in [0.717, 1.165) is 10.5 Å². The molecule has 0 aliphatic heterocycles. The molecular weight excluding hydrogens is 414 g/mol. The average Bonchev–Trinajstić information content (AvgIpc) is 2.69. The first kappa shape index (κ1) is 24.3. The average molecular weight is 444 g/mol. The number of carbonyl (C=O) groups is 3. The van der Waals surface area contributed by atoms with Crippen molar-refractivity contribution in [2.75, 3.05) is 29.6 Å². The molecule has 0 bridgehead atoms. The third-order valence-corrected chi connectivity index (χ3v) is 4.77. The second-order valence-corrected chi connectivity index (χ2v) is 8.82. The van der Waals surface area contributed by atoms with Gasteiger partial charge in [0.05, 0.1) is 6.54 Å². The highest BCUT2D eigenvalue weighted by molar-refractivity contribution is 7.98. The highest BCUT2D eigenvalue weighted by Gasteiger charge is 2.24. The summed E-state index contributed by atoms with van der Waals surface area (Å²) in [6, 6.07) is 14.1. The Kier molecular flexibility index (Phi) is 8.50. The maximum absolute atomic E-state index is 12.9. The number of benzene rings is 2. The summed E-state index contributed by atoms with van der Waals surface area (Å²) in [6.07, 6.45) is 1.93. The maximum atomic E-state index is 12.9. The Labute approximate surface area is 187 Å². The standard InChI is InChI=1S/C23H29N3O4S/c1-16-8-6-9-17(12-16)25-22(29)24-14-20(27)26(15-21(28)30-23(2,3)4)18-10-7-11-19(13-18)31-5/h6-13H,14-15H2,1-5H3,(H2,24,25,29). The fraction of sp³-hybridized carbons (Fsp3) is 0.348. The van der Waals surface area contributed by atoms with Gasteiger partial charge in [0.2, 0.25) is 5.91 Å². The molecule has 2 aromatic carbocycles. The topological polar surface area (TPSA) is 87.7 Å². The number of carbonyl (C=O) groups excluding carboxylic acids is 3. The Morgan fingerprint density at radius 1 is 1.06 bits per heavy atom. The third-order valence-electron chi connectivity index (χ3n) is 4.05. The van der Waals surface area contributed by atoms with E-state index >= 15 is 0 Å². The van der Waals surface area contributed by atoms with E-state index < -0.39 is 23.5 Å². The number of aryl methyl sites for hydroxylation is 1. The summed E-state index contributed by atoms with van der Waals surface area (Å²) in [5, 5.41) is 5.24. The molecule has 166 valence electrons. The Morgan fingerprint density at radius 2 is 1.77 bits per heavy atom. The molecule has 0 radical (unpaired) electrons. The van der Waals surface area contributed by atoms with Gasteiger partial charge in [0, 0.05) is 16.3 Å². The summed E-state index contributed by atoms with van der Waals surface area (Å²) in [5.41, 5.74) is 1.52. The van der Waals surface area contributed by atoms with Gasteiger partial charge in [-0.05, 0) is 69.8 Å². The summed E-state index contributed by atoms with van der Waals surface area (Å²) in [7, 11) is 0. The Morgan fingerprint density at radius 3 is 2.42 bits per heavy atom. The molecule has 0 aliphatic carbocycles. The maximum Gasteiger partial charge on any atom is 0.326 e. The number of hydrogen-bond acceptors (Lipinski definition) is 5. The van der Waals surface area contributed by atoms with Crippen LogP contribution in [0, 0.1) is 6.92 Å². The molecule has 2 N–H and O–H groups in total. The van der Waals surface area contributed by atoms with E-state index in [0.29, 0.717) is 11.4 Å². The summed E-state index contributed by atoms with van der Waals surface area (Å²) in [6.45, 7) is 6.69. The minimum absolute atomic E-state index is 0.255. The number of nitrogens with one attached hydrogen (secondary N) is 2. The van der Waals surface area contributed by atoms with E-state index in [2.05, 4.69) is 10.6 Å². The minimum Gasteiger partial charge on any atom is -0.459 e. The minimum atomic E-state index is -0.668. The fourth-order valence-electron chi connectivity index (χ4n) is 2.75. The van der Waals surface area contributed by atoms with Gasteiger partial charge in [-0.15, -0.1) is 11.8 Å². The van der Waals surface area contributed by atoms with E-state index in [1.54, 1.807) is 32.9 Å². The molecule has 0 saturated carbocycles. The number of thioether (sulfide) groups is 1. The quantitative estimate of drug-likeness (QED) is 0.494. The summed E-state index contributed by atoms with van der Waals surface area (Å²) < 4.78 is 5.37. The molecule has 0 fully saturated rings. The molecule has 2 rings (SSSR count). The van der Waals surface area contributed by atoms with Crippen LogP contribution < -0.4 is 15.5 Å². The molecule has 8 heteroatoms. The largest absolute Gasteiger partial charge is 0.459 e. The van der Waals surface area contributed by atoms with Crippen LogP contribution in [0.1, 0.15) is 26.3 Å². The summed E-state index contributed by atoms with van der Waals surface area (Å²) >= 11 is 1.53. The molecule has 3 amide bonds. The Balaban J connectivity index is 2.09. The molecule has 0 atom stereocenters. The van der Waals surface area contributed by atoms with Crippen molar-refractivity contribution in [3.8, 4) is 0 Å². The first-order valence-electron chi connectivity index (χ1n) is 9.85. The molecule has 0 aromatic heterocycles. The predicted octanol–water partition coefficient (Wildman–Crippen LogP) is 4.21. The van der Waals surface area contributed by atoms with Crippen LogP contribution in [0.25, 0.3) is 0 Å². The van der Waals surface area contributed by atoms with Gasteiger partial charge in [-0.1, -0.05) is 18.2 Å². The van der Waals surface area contributed by atoms with E-state index in [1.807, 2.05) is 49.6 Å². The first-order chi connectivity index (χ1) is 14.6. The van der Waals surface area contributed by atoms with Crippen molar-refractivity contribution < 1.29 is 19.1 Å². The van der Waals surface area contributed by atoms with Crippen molar-refractivity contribution in [3.05, 3.63) is 54.1 Å². The molecule has 0 spiro atoms. The van der Waals surface area contributed by atoms with Crippen molar-refractivity contribution in [2.24, 2.45) is 0 Å². The van der Waals surface area contributed by atoms with Crippen molar-refractivity contribution in [3.63, 3.8) is 0 Å². The van der Waals surface area contributed by atoms with Gasteiger partial charge >= 0.3 is 12.0 Å². The number of rotatable bonds is 7. The fourth-order valence-corrected chi connectivity index (χ4v) is 3.21. The Hall–Kier alpha value is -3.00. The molecule has 0 heterocycles. The van der Waals surface area contributed by atoms with Crippen LogP contribution in [0.3, 0.4) is 0 Å². The van der Waals surface area contributed by atoms with Crippen LogP contribution in [-0.2, 0) is 14.3 Å². The zero-order valence-electron chi connectivity index (χ0n) is 18.5. The Bertz CT molecular complexity index is 940. The van der Waals surface area contributed by atoms with Crippen LogP contribution in [-0.4, -0.2) is 42.9 Å². The number of hydrogen-bond donors (Lipinski definition) is 2. The van der Waals surface area contributed by atoms with Crippen LogP contribution in [0.2, 0.25) is 0 Å². The van der Waals surface area contributed by atoms with Crippen LogP contribution in [0.4, 0.5) is 16.2 Å². The van der Waals surface area contributed by atoms with E-state index in [9.17, 15) is 14.4 Å². The van der Waals surface area contributed by atoms with E-state index in [4.69, 9.17) is 4.74 Å². The van der Waals surface area contributed by atoms with Crippen molar-refractivity contribution in [1.82, 2.24) is 5.32 Å². The van der Waals surface area contributed by atoms with Gasteiger partial charge in [-0.25, -0.2) is 4.79 Å². The zero-order chi connectivity index (χ0) is 23.0. The number of esters is 1. The van der Waals surface area contributed by atoms with Gasteiger partial charge in [0.25, 0.3) is 0 Å². The lowest BCUT2D eigenvalue weighted by Gasteiger charge is -2.25. The molecule has 0 aliphatic rings. The molecular formula is C23H29N3O4S. The molecule has 2 aromatic rings. The highest BCUT2D eigenvalue weighted by atomic mass is 32.2. The van der Waals surface area contributed by atoms with Gasteiger partial charge < -0.3 is 15.4 Å². The summed E-state index contributed by atoms with van der Waals surface area (Å²) in [5.74, 6) is -0.955. The second kappa shape index (κ2) is 10.9. The van der Waals surface area contributed by atoms with Crippen LogP contribution in [0.15, 0.2) is 53.4 Å². The first-order valence-corrected chi connectivity index (χ1v) is 11.1. The van der Waals surface area contributed by atoms with Gasteiger partial charge in [-0.3, -0.25) is 14.5 Å². The smallest absolute Gasteiger partial charge is 0.326 e. The van der Waals surface area contributed by atoms with Crippen molar-refractivity contribution in [1.29, 1.82) is 0 Å². The monoisotopic (exact) mass is 443 g/mol. The number of amides is 3. The van der Waals surface area contributed by atoms with Gasteiger partial charge in [0.15, 0.2) is 0 Å². The third kappa shape index (κ3) is 8.33. The lowest BCUT2D eigenvalue weighted by molar-refractivity contribution is -0.153. The molecule has 0 saturated heterocycles. The number of anilines is 2. The van der Waals surface area contributed by atoms with Crippen molar-refractivity contribution in [2.45, 2.75) is 38.2 Å². The number of ether oxygens (including phenoxy) is 1. The normalized spacial score (nSPS) is 10.9. The highest BCUT2D eigenvalue weighted by Crippen LogP contribution is 2.23. The number of urea groups is 1. The van der Waals surface area contributed by atoms with Gasteiger partial charge in [0.1, 0.15) is 12.1 Å². The SMILES string of the molecule is CSc1cccc(N(CC(=O)OC(C)(C)C)C(=O)CNC(=O)Nc2cccc(C)c2)c1. The second-order valence-electron chi connectivity index (χ2n) is 7.94. The van der Waals surface area contributed by atoms with Crippen molar-refractivity contribution >= 4 is 41.0 Å². The lowest BCUT2D eigenvalue weighted by atomic mass is 10.2. The molecule has 0 unspecified atom stereocenters. The molecule has 7 nitrogen and oxygen atoms in total. The molecule has 31 heavy (non-hydrogen) atoms. The lowest BCUT2D eigenvalue weighted by Crippen LogP contribution is -2.45. The zero-order valence-corrected chi connectivity index (χ0v) is 19.3. The van der Waals surface area contributed by atoms with E-state index in [-0.39, 0.29) is 13.1 Å².